The molecule has 1 atom stereocenters. The van der Waals surface area contributed by atoms with Gasteiger partial charge in [-0.05, 0) is 17.7 Å². The highest BCUT2D eigenvalue weighted by atomic mass is 32.1. The van der Waals surface area contributed by atoms with Gasteiger partial charge < -0.3 is 15.0 Å². The molecule has 1 unspecified atom stereocenters. The molecule has 0 aliphatic heterocycles. The van der Waals surface area contributed by atoms with E-state index in [4.69, 9.17) is 15.0 Å². The summed E-state index contributed by atoms with van der Waals surface area (Å²) in [6.45, 7) is 0. The summed E-state index contributed by atoms with van der Waals surface area (Å²) in [4.78, 5) is 5.24. The minimum absolute atomic E-state index is 0.342. The van der Waals surface area contributed by atoms with Crippen LogP contribution in [0.4, 0.5) is 5.00 Å². The Labute approximate surface area is 120 Å². The van der Waals surface area contributed by atoms with Crippen molar-refractivity contribution in [3.05, 3.63) is 53.9 Å². The number of nitrogens with two attached hydrogens (primary N) is 1. The normalized spacial score (nSPS) is 12.4. The Morgan fingerprint density at radius 3 is 2.65 bits per heavy atom. The van der Waals surface area contributed by atoms with Gasteiger partial charge in [0.2, 0.25) is 5.82 Å². The van der Waals surface area contributed by atoms with Gasteiger partial charge in [-0.25, -0.2) is 0 Å². The number of ether oxygens (including phenoxy) is 1. The van der Waals surface area contributed by atoms with Crippen molar-refractivity contribution < 1.29 is 9.26 Å². The van der Waals surface area contributed by atoms with Crippen LogP contribution in [0.2, 0.25) is 0 Å². The lowest BCUT2D eigenvalue weighted by atomic mass is 10.1. The third-order valence-electron chi connectivity index (χ3n) is 2.85. The zero-order valence-electron chi connectivity index (χ0n) is 10.8. The Kier molecular flexibility index (Phi) is 3.49. The number of benzene rings is 1. The first-order valence-electron chi connectivity index (χ1n) is 6.05. The van der Waals surface area contributed by atoms with Crippen molar-refractivity contribution in [2.24, 2.45) is 0 Å². The van der Waals surface area contributed by atoms with Gasteiger partial charge in [-0.2, -0.15) is 4.98 Å². The van der Waals surface area contributed by atoms with E-state index in [-0.39, 0.29) is 6.10 Å². The quantitative estimate of drug-likeness (QED) is 0.798. The second kappa shape index (κ2) is 5.44. The number of methoxy groups -OCH3 is 1. The molecule has 0 saturated carbocycles. The van der Waals surface area contributed by atoms with Gasteiger partial charge in [0.05, 0.1) is 9.88 Å². The predicted molar refractivity (Wildman–Crippen MR) is 77.3 cm³/mol. The maximum Gasteiger partial charge on any atom is 0.268 e. The van der Waals surface area contributed by atoms with Gasteiger partial charge in [-0.1, -0.05) is 35.5 Å². The van der Waals surface area contributed by atoms with Crippen molar-refractivity contribution in [2.45, 2.75) is 6.10 Å². The van der Waals surface area contributed by atoms with E-state index < -0.39 is 0 Å². The molecule has 0 aliphatic rings. The Balaban J connectivity index is 1.92. The van der Waals surface area contributed by atoms with Crippen molar-refractivity contribution >= 4 is 16.3 Å². The van der Waals surface area contributed by atoms with Crippen molar-refractivity contribution in [1.29, 1.82) is 0 Å². The molecule has 5 nitrogen and oxygen atoms in total. The Morgan fingerprint density at radius 1 is 1.20 bits per heavy atom. The monoisotopic (exact) mass is 287 g/mol. The van der Waals surface area contributed by atoms with E-state index in [1.54, 1.807) is 7.11 Å². The summed E-state index contributed by atoms with van der Waals surface area (Å²) in [5.74, 6) is 0.959. The predicted octanol–water partition coefficient (Wildman–Crippen LogP) is 3.12. The molecule has 1 aromatic carbocycles. The smallest absolute Gasteiger partial charge is 0.268 e. The molecule has 0 saturated heterocycles. The van der Waals surface area contributed by atoms with Crippen LogP contribution >= 0.6 is 11.3 Å². The van der Waals surface area contributed by atoms with E-state index in [2.05, 4.69) is 10.1 Å². The van der Waals surface area contributed by atoms with Crippen LogP contribution < -0.4 is 5.73 Å². The lowest BCUT2D eigenvalue weighted by Gasteiger charge is -2.10. The minimum Gasteiger partial charge on any atom is -0.391 e. The van der Waals surface area contributed by atoms with Gasteiger partial charge >= 0.3 is 0 Å². The summed E-state index contributed by atoms with van der Waals surface area (Å²) in [5, 5.41) is 4.72. The van der Waals surface area contributed by atoms with Crippen LogP contribution in [-0.2, 0) is 4.74 Å². The Morgan fingerprint density at radius 2 is 2.00 bits per heavy atom. The van der Waals surface area contributed by atoms with Crippen molar-refractivity contribution in [1.82, 2.24) is 10.1 Å². The standard InChI is InChI=1S/C14H13N3O2S/c1-18-12(9-5-3-2-4-6-9)13-16-14(19-17-13)10-7-8-11(15)20-10/h2-8,12H,15H2,1H3. The molecule has 3 rings (SSSR count). The fourth-order valence-electron chi connectivity index (χ4n) is 1.93. The highest BCUT2D eigenvalue weighted by Crippen LogP contribution is 2.30. The molecule has 2 N–H and O–H groups in total. The van der Waals surface area contributed by atoms with E-state index in [0.29, 0.717) is 16.7 Å². The number of nitrogen functional groups attached to an aromatic ring is 1. The molecule has 0 fully saturated rings. The molecule has 102 valence electrons. The fourth-order valence-corrected chi connectivity index (χ4v) is 2.62. The van der Waals surface area contributed by atoms with Crippen LogP contribution in [0.5, 0.6) is 0 Å². The number of anilines is 1. The second-order valence-electron chi connectivity index (χ2n) is 4.19. The number of thiophene rings is 1. The number of hydrogen-bond acceptors (Lipinski definition) is 6. The SMILES string of the molecule is COC(c1ccccc1)c1noc(-c2ccc(N)s2)n1. The minimum atomic E-state index is -0.342. The number of nitrogens with zero attached hydrogens (tertiary/aromatic N) is 2. The molecular formula is C14H13N3O2S. The van der Waals surface area contributed by atoms with E-state index in [0.717, 1.165) is 10.4 Å². The molecule has 0 radical (unpaired) electrons. The molecule has 3 aromatic rings. The van der Waals surface area contributed by atoms with E-state index in [9.17, 15) is 0 Å². The molecule has 0 amide bonds. The molecule has 0 aliphatic carbocycles. The van der Waals surface area contributed by atoms with Crippen LogP contribution in [0.1, 0.15) is 17.5 Å². The van der Waals surface area contributed by atoms with Gasteiger partial charge in [-0.15, -0.1) is 11.3 Å². The third kappa shape index (κ3) is 2.43. The molecule has 2 heterocycles. The maximum absolute atomic E-state index is 5.70. The summed E-state index contributed by atoms with van der Waals surface area (Å²) < 4.78 is 10.8. The summed E-state index contributed by atoms with van der Waals surface area (Å²) >= 11 is 1.41. The molecule has 0 spiro atoms. The first-order valence-corrected chi connectivity index (χ1v) is 6.86. The highest BCUT2D eigenvalue weighted by molar-refractivity contribution is 7.19. The first kappa shape index (κ1) is 12.8. The van der Waals surface area contributed by atoms with Crippen LogP contribution in [-0.4, -0.2) is 17.3 Å². The highest BCUT2D eigenvalue weighted by Gasteiger charge is 2.20. The van der Waals surface area contributed by atoms with E-state index in [1.165, 1.54) is 11.3 Å². The lowest BCUT2D eigenvalue weighted by molar-refractivity contribution is 0.126. The van der Waals surface area contributed by atoms with Gasteiger partial charge in [0.25, 0.3) is 5.89 Å². The third-order valence-corrected chi connectivity index (χ3v) is 3.75. The van der Waals surface area contributed by atoms with Crippen LogP contribution in [0.3, 0.4) is 0 Å². The zero-order valence-corrected chi connectivity index (χ0v) is 11.6. The molecular weight excluding hydrogens is 274 g/mol. The van der Waals surface area contributed by atoms with Gasteiger partial charge in [0.1, 0.15) is 6.10 Å². The average Bonchev–Trinajstić information content (AvgIpc) is 3.10. The molecule has 2 aromatic heterocycles. The second-order valence-corrected chi connectivity index (χ2v) is 5.30. The van der Waals surface area contributed by atoms with Crippen molar-refractivity contribution in [3.8, 4) is 10.8 Å². The summed E-state index contributed by atoms with van der Waals surface area (Å²) in [6.07, 6.45) is -0.342. The summed E-state index contributed by atoms with van der Waals surface area (Å²) in [5.41, 5.74) is 6.68. The van der Waals surface area contributed by atoms with Crippen LogP contribution in [0.25, 0.3) is 10.8 Å². The first-order chi connectivity index (χ1) is 9.78. The molecule has 0 bridgehead atoms. The van der Waals surface area contributed by atoms with E-state index >= 15 is 0 Å². The van der Waals surface area contributed by atoms with Crippen LogP contribution in [0.15, 0.2) is 47.0 Å². The van der Waals surface area contributed by atoms with Crippen molar-refractivity contribution in [3.63, 3.8) is 0 Å². The van der Waals surface area contributed by atoms with Gasteiger partial charge in [0, 0.05) is 7.11 Å². The fraction of sp³-hybridized carbons (Fsp3) is 0.143. The Bertz CT molecular complexity index is 693. The Hall–Kier alpha value is -2.18. The maximum atomic E-state index is 5.70. The number of aromatic nitrogens is 2. The zero-order chi connectivity index (χ0) is 13.9. The topological polar surface area (TPSA) is 74.2 Å². The summed E-state index contributed by atoms with van der Waals surface area (Å²) in [7, 11) is 1.62. The van der Waals surface area contributed by atoms with Crippen LogP contribution in [0, 0.1) is 0 Å². The molecule has 6 heteroatoms. The van der Waals surface area contributed by atoms with Gasteiger partial charge in [-0.3, -0.25) is 0 Å². The van der Waals surface area contributed by atoms with E-state index in [1.807, 2.05) is 42.5 Å². The lowest BCUT2D eigenvalue weighted by Crippen LogP contribution is -2.05. The van der Waals surface area contributed by atoms with Gasteiger partial charge in [0.15, 0.2) is 0 Å². The molecule has 20 heavy (non-hydrogen) atoms. The summed E-state index contributed by atoms with van der Waals surface area (Å²) in [6, 6.07) is 13.5. The largest absolute Gasteiger partial charge is 0.391 e. The van der Waals surface area contributed by atoms with Crippen molar-refractivity contribution in [2.75, 3.05) is 12.8 Å². The number of hydrogen-bond donors (Lipinski definition) is 1. The average molecular weight is 287 g/mol. The number of rotatable bonds is 4.